The molecule has 2 aromatic rings. The Morgan fingerprint density at radius 1 is 1.50 bits per heavy atom. The first-order chi connectivity index (χ1) is 8.61. The lowest BCUT2D eigenvalue weighted by atomic mass is 9.86. The second kappa shape index (κ2) is 3.81. The number of nitrogens with zero attached hydrogens (tertiary/aromatic N) is 4. The summed E-state index contributed by atoms with van der Waals surface area (Å²) in [6.45, 7) is 3.70. The van der Waals surface area contributed by atoms with Gasteiger partial charge in [-0.1, -0.05) is 13.3 Å². The van der Waals surface area contributed by atoms with Gasteiger partial charge in [-0.3, -0.25) is 0 Å². The summed E-state index contributed by atoms with van der Waals surface area (Å²) in [4.78, 5) is 13.5. The molecule has 3 heterocycles. The smallest absolute Gasteiger partial charge is 0.351 e. The molecule has 7 nitrogen and oxygen atoms in total. The molecule has 18 heavy (non-hydrogen) atoms. The van der Waals surface area contributed by atoms with Crippen molar-refractivity contribution >= 4 is 11.5 Å². The van der Waals surface area contributed by atoms with Gasteiger partial charge in [0.25, 0.3) is 0 Å². The quantitative estimate of drug-likeness (QED) is 0.780. The molecule has 1 aliphatic rings. The van der Waals surface area contributed by atoms with Crippen LogP contribution in [0.15, 0.2) is 16.9 Å². The molecule has 0 spiro atoms. The topological polar surface area (TPSA) is 92.3 Å². The van der Waals surface area contributed by atoms with Crippen LogP contribution in [0.25, 0.3) is 5.65 Å². The van der Waals surface area contributed by atoms with E-state index >= 15 is 0 Å². The summed E-state index contributed by atoms with van der Waals surface area (Å²) in [6, 6.07) is 3.64. The molecular formula is C11H16N6O. The zero-order chi connectivity index (χ0) is 12.8. The third kappa shape index (κ3) is 1.67. The summed E-state index contributed by atoms with van der Waals surface area (Å²) >= 11 is 0. The van der Waals surface area contributed by atoms with Gasteiger partial charge in [-0.15, -0.1) is 5.10 Å². The molecule has 0 radical (unpaired) electrons. The van der Waals surface area contributed by atoms with E-state index in [1.807, 2.05) is 6.07 Å². The lowest BCUT2D eigenvalue weighted by Gasteiger charge is -2.48. The van der Waals surface area contributed by atoms with Crippen molar-refractivity contribution in [3.8, 4) is 0 Å². The van der Waals surface area contributed by atoms with Gasteiger partial charge in [-0.05, 0) is 18.6 Å². The predicted octanol–water partition coefficient (Wildman–Crippen LogP) is -0.265. The summed E-state index contributed by atoms with van der Waals surface area (Å²) in [5.41, 5.74) is 6.31. The maximum Gasteiger partial charge on any atom is 0.364 e. The van der Waals surface area contributed by atoms with Crippen molar-refractivity contribution in [2.75, 3.05) is 18.0 Å². The number of fused-ring (bicyclic) bond motifs is 1. The van der Waals surface area contributed by atoms with E-state index in [1.165, 1.54) is 4.52 Å². The van der Waals surface area contributed by atoms with E-state index in [9.17, 15) is 4.79 Å². The minimum absolute atomic E-state index is 0.104. The Labute approximate surface area is 104 Å². The van der Waals surface area contributed by atoms with Crippen molar-refractivity contribution in [1.82, 2.24) is 19.8 Å². The average molecular weight is 248 g/mol. The van der Waals surface area contributed by atoms with Crippen LogP contribution in [0.3, 0.4) is 0 Å². The molecule has 0 saturated carbocycles. The summed E-state index contributed by atoms with van der Waals surface area (Å²) in [6.07, 6.45) is 2.09. The van der Waals surface area contributed by atoms with Crippen LogP contribution in [0.5, 0.6) is 0 Å². The third-order valence-corrected chi connectivity index (χ3v) is 3.34. The van der Waals surface area contributed by atoms with Crippen molar-refractivity contribution in [2.45, 2.75) is 25.3 Å². The van der Waals surface area contributed by atoms with E-state index in [1.54, 1.807) is 6.07 Å². The molecule has 7 heteroatoms. The zero-order valence-corrected chi connectivity index (χ0v) is 10.3. The number of hydrogen-bond donors (Lipinski definition) is 2. The highest BCUT2D eigenvalue weighted by Crippen LogP contribution is 2.27. The molecule has 3 N–H and O–H groups in total. The Hall–Kier alpha value is -1.89. The van der Waals surface area contributed by atoms with Gasteiger partial charge in [0.15, 0.2) is 5.65 Å². The second-order valence-electron chi connectivity index (χ2n) is 4.96. The first kappa shape index (κ1) is 11.2. The van der Waals surface area contributed by atoms with Crippen LogP contribution in [-0.4, -0.2) is 38.4 Å². The molecule has 96 valence electrons. The van der Waals surface area contributed by atoms with E-state index in [4.69, 9.17) is 5.73 Å². The number of nitrogens with two attached hydrogens (primary N) is 1. The SMILES string of the molecule is CCCC1(N)CN(c2ccc3n[nH]c(=O)n3n2)C1. The third-order valence-electron chi connectivity index (χ3n) is 3.34. The van der Waals surface area contributed by atoms with Gasteiger partial charge < -0.3 is 10.6 Å². The molecule has 3 rings (SSSR count). The Balaban J connectivity index is 1.84. The first-order valence-electron chi connectivity index (χ1n) is 6.10. The molecule has 1 fully saturated rings. The predicted molar refractivity (Wildman–Crippen MR) is 67.6 cm³/mol. The van der Waals surface area contributed by atoms with Crippen molar-refractivity contribution in [3.63, 3.8) is 0 Å². The molecule has 0 aliphatic carbocycles. The van der Waals surface area contributed by atoms with E-state index in [2.05, 4.69) is 27.1 Å². The van der Waals surface area contributed by atoms with Gasteiger partial charge in [0.05, 0.1) is 5.54 Å². The molecule has 1 saturated heterocycles. The highest BCUT2D eigenvalue weighted by molar-refractivity contribution is 5.48. The number of nitrogens with one attached hydrogen (secondary N) is 1. The van der Waals surface area contributed by atoms with Gasteiger partial charge in [0, 0.05) is 13.1 Å². The van der Waals surface area contributed by atoms with Crippen molar-refractivity contribution in [3.05, 3.63) is 22.6 Å². The van der Waals surface area contributed by atoms with Crippen molar-refractivity contribution in [2.24, 2.45) is 5.73 Å². The Morgan fingerprint density at radius 2 is 2.28 bits per heavy atom. The summed E-state index contributed by atoms with van der Waals surface area (Å²) in [7, 11) is 0. The average Bonchev–Trinajstić information content (AvgIpc) is 2.68. The minimum atomic E-state index is -0.319. The number of hydrogen-bond acceptors (Lipinski definition) is 5. The van der Waals surface area contributed by atoms with Crippen molar-refractivity contribution < 1.29 is 0 Å². The highest BCUT2D eigenvalue weighted by atomic mass is 16.2. The van der Waals surface area contributed by atoms with E-state index < -0.39 is 0 Å². The molecule has 0 unspecified atom stereocenters. The lowest BCUT2D eigenvalue weighted by molar-refractivity contribution is 0.305. The zero-order valence-electron chi connectivity index (χ0n) is 10.3. The van der Waals surface area contributed by atoms with Gasteiger partial charge in [0.2, 0.25) is 0 Å². The molecule has 2 aromatic heterocycles. The first-order valence-corrected chi connectivity index (χ1v) is 6.10. The van der Waals surface area contributed by atoms with E-state index in [0.717, 1.165) is 31.7 Å². The molecular weight excluding hydrogens is 232 g/mol. The number of aromatic amines is 1. The lowest BCUT2D eigenvalue weighted by Crippen LogP contribution is -2.67. The minimum Gasteiger partial charge on any atom is -0.351 e. The van der Waals surface area contributed by atoms with Crippen LogP contribution < -0.4 is 16.3 Å². The summed E-state index contributed by atoms with van der Waals surface area (Å²) in [5.74, 6) is 0.767. The van der Waals surface area contributed by atoms with Crippen LogP contribution in [0.4, 0.5) is 5.82 Å². The normalized spacial score (nSPS) is 18.0. The fraction of sp³-hybridized carbons (Fsp3) is 0.545. The number of H-pyrrole nitrogens is 1. The molecule has 0 atom stereocenters. The molecule has 0 aromatic carbocycles. The summed E-state index contributed by atoms with van der Waals surface area (Å²) in [5, 5.41) is 10.5. The fourth-order valence-corrected chi connectivity index (χ4v) is 2.49. The van der Waals surface area contributed by atoms with Crippen molar-refractivity contribution in [1.29, 1.82) is 0 Å². The monoisotopic (exact) mass is 248 g/mol. The Morgan fingerprint density at radius 3 is 3.00 bits per heavy atom. The Kier molecular flexibility index (Phi) is 2.37. The van der Waals surface area contributed by atoms with Crippen LogP contribution in [0.2, 0.25) is 0 Å². The molecule has 0 amide bonds. The van der Waals surface area contributed by atoms with E-state index in [0.29, 0.717) is 5.65 Å². The van der Waals surface area contributed by atoms with Gasteiger partial charge in [-0.25, -0.2) is 9.89 Å². The van der Waals surface area contributed by atoms with Gasteiger partial charge >= 0.3 is 5.69 Å². The number of aromatic nitrogens is 4. The van der Waals surface area contributed by atoms with E-state index in [-0.39, 0.29) is 11.2 Å². The summed E-state index contributed by atoms with van der Waals surface area (Å²) < 4.78 is 1.27. The standard InChI is InChI=1S/C11H16N6O/c1-2-5-11(12)6-16(7-11)9-4-3-8-13-14-10(18)17(8)15-9/h3-4H,2,5-7,12H2,1H3,(H,14,18). The van der Waals surface area contributed by atoms with Crippen LogP contribution >= 0.6 is 0 Å². The largest absolute Gasteiger partial charge is 0.364 e. The van der Waals surface area contributed by atoms with Crippen LogP contribution in [0.1, 0.15) is 19.8 Å². The number of rotatable bonds is 3. The second-order valence-corrected chi connectivity index (χ2v) is 4.96. The molecule has 0 bridgehead atoms. The van der Waals surface area contributed by atoms with Gasteiger partial charge in [-0.2, -0.15) is 9.61 Å². The van der Waals surface area contributed by atoms with Crippen LogP contribution in [-0.2, 0) is 0 Å². The Bertz CT molecular complexity index is 624. The number of anilines is 1. The van der Waals surface area contributed by atoms with Crippen LogP contribution in [0, 0.1) is 0 Å². The highest BCUT2D eigenvalue weighted by Gasteiger charge is 2.39. The maximum atomic E-state index is 11.4. The fourth-order valence-electron chi connectivity index (χ4n) is 2.49. The molecule has 1 aliphatic heterocycles. The maximum absolute atomic E-state index is 11.4. The van der Waals surface area contributed by atoms with Gasteiger partial charge in [0.1, 0.15) is 5.82 Å².